The highest BCUT2D eigenvalue weighted by Gasteiger charge is 2.46. The molecule has 2 aromatic heterocycles. The highest BCUT2D eigenvalue weighted by atomic mass is 79.9. The molecule has 5 rings (SSSR count). The fourth-order valence-electron chi connectivity index (χ4n) is 4.05. The second kappa shape index (κ2) is 8.00. The van der Waals surface area contributed by atoms with Crippen molar-refractivity contribution in [2.24, 2.45) is 0 Å². The van der Waals surface area contributed by atoms with Crippen LogP contribution in [0.15, 0.2) is 50.1 Å². The molecule has 0 saturated heterocycles. The van der Waals surface area contributed by atoms with E-state index in [1.54, 1.807) is 50.6 Å². The second-order valence-electron chi connectivity index (χ2n) is 7.64. The van der Waals surface area contributed by atoms with Crippen LogP contribution in [0.5, 0.6) is 11.5 Å². The van der Waals surface area contributed by atoms with E-state index in [9.17, 15) is 9.59 Å². The molecule has 1 amide bonds. The normalized spacial score (nSPS) is 15.2. The van der Waals surface area contributed by atoms with Crippen LogP contribution in [-0.2, 0) is 0 Å². The Morgan fingerprint density at radius 3 is 2.55 bits per heavy atom. The minimum absolute atomic E-state index is 0.00945. The number of anilines is 1. The van der Waals surface area contributed by atoms with E-state index in [1.165, 1.54) is 16.2 Å². The predicted molar refractivity (Wildman–Crippen MR) is 130 cm³/mol. The van der Waals surface area contributed by atoms with Crippen molar-refractivity contribution in [3.63, 3.8) is 0 Å². The molecule has 33 heavy (non-hydrogen) atoms. The quantitative estimate of drug-likeness (QED) is 0.354. The number of methoxy groups -OCH3 is 2. The van der Waals surface area contributed by atoms with Crippen molar-refractivity contribution in [1.29, 1.82) is 0 Å². The van der Waals surface area contributed by atoms with Crippen LogP contribution in [0.25, 0.3) is 11.0 Å². The van der Waals surface area contributed by atoms with Crippen molar-refractivity contribution in [3.8, 4) is 11.5 Å². The number of aromatic nitrogens is 1. The van der Waals surface area contributed by atoms with Gasteiger partial charge in [0.2, 0.25) is 5.76 Å². The molecular weight excluding hydrogens is 508 g/mol. The van der Waals surface area contributed by atoms with Gasteiger partial charge in [0.15, 0.2) is 10.6 Å². The van der Waals surface area contributed by atoms with Crippen LogP contribution in [0.2, 0.25) is 0 Å². The van der Waals surface area contributed by atoms with Crippen molar-refractivity contribution >= 4 is 49.3 Å². The van der Waals surface area contributed by atoms with Gasteiger partial charge in [0.1, 0.15) is 23.1 Å². The molecular formula is C24H19BrN2O5S. The van der Waals surface area contributed by atoms with Gasteiger partial charge < -0.3 is 13.9 Å². The lowest BCUT2D eigenvalue weighted by atomic mass is 9.97. The Balaban J connectivity index is 1.86. The van der Waals surface area contributed by atoms with E-state index >= 15 is 0 Å². The molecule has 4 aromatic rings. The summed E-state index contributed by atoms with van der Waals surface area (Å²) in [4.78, 5) is 34.6. The molecule has 0 radical (unpaired) electrons. The van der Waals surface area contributed by atoms with E-state index in [2.05, 4.69) is 20.9 Å². The van der Waals surface area contributed by atoms with Crippen LogP contribution in [0.1, 0.15) is 38.3 Å². The van der Waals surface area contributed by atoms with Crippen molar-refractivity contribution in [2.75, 3.05) is 19.1 Å². The van der Waals surface area contributed by atoms with E-state index in [-0.39, 0.29) is 16.8 Å². The molecule has 2 aromatic carbocycles. The fourth-order valence-corrected chi connectivity index (χ4v) is 5.35. The maximum absolute atomic E-state index is 13.8. The number of thiazole rings is 1. The molecule has 0 bridgehead atoms. The summed E-state index contributed by atoms with van der Waals surface area (Å²) < 4.78 is 17.8. The summed E-state index contributed by atoms with van der Waals surface area (Å²) in [6, 6.07) is 9.65. The molecule has 168 valence electrons. The zero-order chi connectivity index (χ0) is 23.4. The number of halogens is 1. The predicted octanol–water partition coefficient (Wildman–Crippen LogP) is 5.40. The lowest BCUT2D eigenvalue weighted by Gasteiger charge is -2.24. The van der Waals surface area contributed by atoms with Crippen molar-refractivity contribution in [1.82, 2.24) is 4.98 Å². The smallest absolute Gasteiger partial charge is 0.297 e. The van der Waals surface area contributed by atoms with E-state index in [0.717, 1.165) is 15.0 Å². The number of hydrogen-bond acceptors (Lipinski definition) is 7. The highest BCUT2D eigenvalue weighted by Crippen LogP contribution is 2.46. The third kappa shape index (κ3) is 3.34. The van der Waals surface area contributed by atoms with Crippen LogP contribution in [0.4, 0.5) is 5.13 Å². The number of carbonyl (C=O) groups is 1. The van der Waals surface area contributed by atoms with Gasteiger partial charge in [0, 0.05) is 14.9 Å². The maximum Gasteiger partial charge on any atom is 0.297 e. The van der Waals surface area contributed by atoms with E-state index in [4.69, 9.17) is 13.9 Å². The third-order valence-corrected chi connectivity index (χ3v) is 7.35. The first-order chi connectivity index (χ1) is 15.8. The molecule has 1 atom stereocenters. The zero-order valence-electron chi connectivity index (χ0n) is 18.3. The first-order valence-corrected chi connectivity index (χ1v) is 11.7. The third-order valence-electron chi connectivity index (χ3n) is 5.79. The number of rotatable bonds is 4. The number of benzene rings is 2. The molecule has 1 unspecified atom stereocenters. The van der Waals surface area contributed by atoms with Gasteiger partial charge in [-0.1, -0.05) is 15.9 Å². The van der Waals surface area contributed by atoms with Gasteiger partial charge in [-0.3, -0.25) is 14.5 Å². The SMILES string of the molecule is COc1ccc(OC)c(C2c3c(oc4ccc(Br)cc4c3=O)C(=O)N2c2nc(C)c(C)s2)c1. The van der Waals surface area contributed by atoms with Gasteiger partial charge in [-0.15, -0.1) is 11.3 Å². The lowest BCUT2D eigenvalue weighted by molar-refractivity contribution is 0.0970. The number of carbonyl (C=O) groups excluding carboxylic acids is 1. The summed E-state index contributed by atoms with van der Waals surface area (Å²) >= 11 is 4.81. The maximum atomic E-state index is 13.8. The number of ether oxygens (including phenoxy) is 2. The molecule has 3 heterocycles. The molecule has 0 spiro atoms. The molecule has 1 aliphatic heterocycles. The number of aryl methyl sites for hydroxylation is 2. The van der Waals surface area contributed by atoms with Gasteiger partial charge in [-0.25, -0.2) is 4.98 Å². The Morgan fingerprint density at radius 1 is 1.09 bits per heavy atom. The van der Waals surface area contributed by atoms with E-state index in [0.29, 0.717) is 33.2 Å². The fraction of sp³-hybridized carbons (Fsp3) is 0.208. The summed E-state index contributed by atoms with van der Waals surface area (Å²) in [6.45, 7) is 3.83. The summed E-state index contributed by atoms with van der Waals surface area (Å²) in [7, 11) is 3.11. The topological polar surface area (TPSA) is 81.9 Å². The number of amides is 1. The molecule has 0 N–H and O–H groups in total. The average Bonchev–Trinajstić information content (AvgIpc) is 3.29. The minimum atomic E-state index is -0.790. The summed E-state index contributed by atoms with van der Waals surface area (Å²) in [6.07, 6.45) is 0. The Morgan fingerprint density at radius 2 is 1.88 bits per heavy atom. The van der Waals surface area contributed by atoms with Crippen molar-refractivity contribution < 1.29 is 18.7 Å². The Bertz CT molecular complexity index is 1470. The second-order valence-corrected chi connectivity index (χ2v) is 9.74. The van der Waals surface area contributed by atoms with Gasteiger partial charge in [-0.05, 0) is 50.2 Å². The van der Waals surface area contributed by atoms with E-state index < -0.39 is 11.9 Å². The highest BCUT2D eigenvalue weighted by molar-refractivity contribution is 9.10. The minimum Gasteiger partial charge on any atom is -0.497 e. The summed E-state index contributed by atoms with van der Waals surface area (Å²) in [5, 5.41) is 0.872. The molecule has 0 aliphatic carbocycles. The molecule has 0 fully saturated rings. The number of nitrogens with zero attached hydrogens (tertiary/aromatic N) is 2. The largest absolute Gasteiger partial charge is 0.497 e. The Hall–Kier alpha value is -3.17. The number of hydrogen-bond donors (Lipinski definition) is 0. The molecule has 7 nitrogen and oxygen atoms in total. The Kier molecular flexibility index (Phi) is 5.25. The lowest BCUT2D eigenvalue weighted by Crippen LogP contribution is -2.29. The van der Waals surface area contributed by atoms with Crippen LogP contribution < -0.4 is 19.8 Å². The molecule has 1 aliphatic rings. The average molecular weight is 527 g/mol. The first-order valence-electron chi connectivity index (χ1n) is 10.1. The monoisotopic (exact) mass is 526 g/mol. The standard InChI is InChI=1S/C24H19BrN2O5S/c1-11-12(2)33-24(26-11)27-20(15-10-14(30-3)6-8-17(15)31-4)19-21(28)16-9-13(25)5-7-18(16)32-22(19)23(27)29/h5-10,20H,1-4H3. The van der Waals surface area contributed by atoms with Gasteiger partial charge in [0.05, 0.1) is 30.9 Å². The van der Waals surface area contributed by atoms with Gasteiger partial charge in [-0.2, -0.15) is 0 Å². The Labute approximate surface area is 201 Å². The first kappa shape index (κ1) is 21.7. The summed E-state index contributed by atoms with van der Waals surface area (Å²) in [5.74, 6) is 0.682. The van der Waals surface area contributed by atoms with E-state index in [1.807, 2.05) is 13.8 Å². The van der Waals surface area contributed by atoms with Gasteiger partial charge >= 0.3 is 0 Å². The van der Waals surface area contributed by atoms with Crippen LogP contribution >= 0.6 is 27.3 Å². The molecule has 0 saturated carbocycles. The molecule has 9 heteroatoms. The zero-order valence-corrected chi connectivity index (χ0v) is 20.7. The van der Waals surface area contributed by atoms with Crippen molar-refractivity contribution in [3.05, 3.63) is 78.6 Å². The van der Waals surface area contributed by atoms with Gasteiger partial charge in [0.25, 0.3) is 5.91 Å². The van der Waals surface area contributed by atoms with Crippen LogP contribution in [0, 0.1) is 13.8 Å². The van der Waals surface area contributed by atoms with Crippen LogP contribution in [-0.4, -0.2) is 25.1 Å². The van der Waals surface area contributed by atoms with Crippen molar-refractivity contribution in [2.45, 2.75) is 19.9 Å². The van der Waals surface area contributed by atoms with Crippen LogP contribution in [0.3, 0.4) is 0 Å². The number of fused-ring (bicyclic) bond motifs is 2. The summed E-state index contributed by atoms with van der Waals surface area (Å²) in [5.41, 5.74) is 1.76.